The molecule has 1 amide bonds. The van der Waals surface area contributed by atoms with Crippen LogP contribution in [-0.4, -0.2) is 47.2 Å². The smallest absolute Gasteiger partial charge is 0.270 e. The molecule has 39 heavy (non-hydrogen) atoms. The first-order valence-electron chi connectivity index (χ1n) is 11.8. The number of anilines is 2. The number of nitrogens with one attached hydrogen (secondary N) is 2. The first-order valence-corrected chi connectivity index (χ1v) is 13.0. The van der Waals surface area contributed by atoms with E-state index in [1.807, 2.05) is 17.9 Å². The number of non-ortho nitro benzene ring substituents is 1. The number of morpholine rings is 1. The monoisotopic (exact) mass is 585 g/mol. The van der Waals surface area contributed by atoms with E-state index in [0.29, 0.717) is 70.3 Å². The van der Waals surface area contributed by atoms with Gasteiger partial charge in [0.25, 0.3) is 11.6 Å². The molecule has 4 aromatic rings. The fraction of sp³-hybridized carbons (Fsp3) is 0.192. The lowest BCUT2D eigenvalue weighted by molar-refractivity contribution is -0.384. The molecule has 1 fully saturated rings. The maximum absolute atomic E-state index is 13.2. The normalized spacial score (nSPS) is 13.4. The Hall–Kier alpha value is -3.77. The summed E-state index contributed by atoms with van der Waals surface area (Å²) in [5.74, 6) is -0.228. The molecule has 0 radical (unpaired) electrons. The average Bonchev–Trinajstić information content (AvgIpc) is 3.34. The number of thiocarbonyl (C=S) groups is 1. The van der Waals surface area contributed by atoms with Crippen LogP contribution in [-0.2, 0) is 4.74 Å². The van der Waals surface area contributed by atoms with Crippen LogP contribution in [0.15, 0.2) is 52.9 Å². The number of halogens is 2. The zero-order valence-electron chi connectivity index (χ0n) is 20.5. The lowest BCUT2D eigenvalue weighted by atomic mass is 10.1. The molecule has 200 valence electrons. The van der Waals surface area contributed by atoms with Crippen molar-refractivity contribution < 1.29 is 18.9 Å². The third kappa shape index (κ3) is 5.66. The lowest BCUT2D eigenvalue weighted by Crippen LogP contribution is -2.39. The highest BCUT2D eigenvalue weighted by molar-refractivity contribution is 7.80. The van der Waals surface area contributed by atoms with Crippen molar-refractivity contribution in [3.63, 3.8) is 0 Å². The molecule has 2 N–H and O–H groups in total. The molecule has 0 atom stereocenters. The topological polar surface area (TPSA) is 123 Å². The van der Waals surface area contributed by atoms with Gasteiger partial charge in [0.1, 0.15) is 5.52 Å². The van der Waals surface area contributed by atoms with Crippen LogP contribution < -0.4 is 15.5 Å². The van der Waals surface area contributed by atoms with Crippen molar-refractivity contribution in [2.45, 2.75) is 6.92 Å². The molecule has 0 aliphatic carbocycles. The molecule has 5 rings (SSSR count). The third-order valence-corrected chi connectivity index (χ3v) is 6.94. The molecule has 0 spiro atoms. The van der Waals surface area contributed by atoms with Crippen molar-refractivity contribution in [2.24, 2.45) is 0 Å². The second-order valence-electron chi connectivity index (χ2n) is 8.70. The van der Waals surface area contributed by atoms with E-state index in [-0.39, 0.29) is 16.4 Å². The predicted molar refractivity (Wildman–Crippen MR) is 154 cm³/mol. The minimum atomic E-state index is -0.572. The molecule has 2 heterocycles. The summed E-state index contributed by atoms with van der Waals surface area (Å²) in [5.41, 5.74) is 3.51. The number of amides is 1. The van der Waals surface area contributed by atoms with Crippen molar-refractivity contribution >= 4 is 74.6 Å². The number of oxazole rings is 1. The van der Waals surface area contributed by atoms with Crippen LogP contribution in [0.2, 0.25) is 10.0 Å². The van der Waals surface area contributed by atoms with Crippen LogP contribution in [0.3, 0.4) is 0 Å². The van der Waals surface area contributed by atoms with E-state index in [2.05, 4.69) is 15.6 Å². The molecular weight excluding hydrogens is 565 g/mol. The van der Waals surface area contributed by atoms with Crippen LogP contribution in [0, 0.1) is 17.0 Å². The van der Waals surface area contributed by atoms with Gasteiger partial charge in [-0.15, -0.1) is 0 Å². The van der Waals surface area contributed by atoms with Gasteiger partial charge in [-0.2, -0.15) is 0 Å². The molecule has 0 bridgehead atoms. The number of ether oxygens (including phenoxy) is 1. The van der Waals surface area contributed by atoms with Gasteiger partial charge < -0.3 is 19.4 Å². The minimum Gasteiger partial charge on any atom is -0.434 e. The number of carbonyl (C=O) groups excluding carboxylic acids is 1. The predicted octanol–water partition coefficient (Wildman–Crippen LogP) is 5.98. The summed E-state index contributed by atoms with van der Waals surface area (Å²) in [4.78, 5) is 30.6. The minimum absolute atomic E-state index is 0.0204. The van der Waals surface area contributed by atoms with E-state index >= 15 is 0 Å². The second-order valence-corrected chi connectivity index (χ2v) is 9.95. The van der Waals surface area contributed by atoms with Gasteiger partial charge in [-0.25, -0.2) is 4.98 Å². The van der Waals surface area contributed by atoms with Crippen molar-refractivity contribution in [2.75, 3.05) is 36.5 Å². The quantitative estimate of drug-likeness (QED) is 0.165. The number of carbonyl (C=O) groups is 1. The summed E-state index contributed by atoms with van der Waals surface area (Å²) < 4.78 is 11.3. The number of nitrogens with zero attached hydrogens (tertiary/aromatic N) is 3. The van der Waals surface area contributed by atoms with Gasteiger partial charge in [-0.05, 0) is 55.0 Å². The molecule has 1 aliphatic rings. The summed E-state index contributed by atoms with van der Waals surface area (Å²) in [6.07, 6.45) is 0. The summed E-state index contributed by atoms with van der Waals surface area (Å²) in [5, 5.41) is 17.9. The zero-order valence-corrected chi connectivity index (χ0v) is 22.8. The zero-order chi connectivity index (χ0) is 27.7. The summed E-state index contributed by atoms with van der Waals surface area (Å²) in [7, 11) is 0. The molecule has 1 aromatic heterocycles. The first kappa shape index (κ1) is 26.8. The summed E-state index contributed by atoms with van der Waals surface area (Å²) >= 11 is 17.8. The largest absolute Gasteiger partial charge is 0.434 e. The molecule has 1 saturated heterocycles. The van der Waals surface area contributed by atoms with Crippen LogP contribution in [0.4, 0.5) is 17.1 Å². The molecule has 1 aliphatic heterocycles. The van der Waals surface area contributed by atoms with Gasteiger partial charge in [0.2, 0.25) is 5.89 Å². The Morgan fingerprint density at radius 1 is 1.15 bits per heavy atom. The van der Waals surface area contributed by atoms with Gasteiger partial charge in [-0.1, -0.05) is 29.3 Å². The lowest BCUT2D eigenvalue weighted by Gasteiger charge is -2.30. The molecule has 3 aromatic carbocycles. The van der Waals surface area contributed by atoms with Gasteiger partial charge in [0.05, 0.1) is 34.4 Å². The van der Waals surface area contributed by atoms with E-state index in [1.54, 1.807) is 30.3 Å². The number of fused-ring (bicyclic) bond motifs is 1. The van der Waals surface area contributed by atoms with Crippen molar-refractivity contribution in [1.29, 1.82) is 0 Å². The Labute approximate surface area is 238 Å². The van der Waals surface area contributed by atoms with Crippen molar-refractivity contribution in [3.8, 4) is 11.5 Å². The summed E-state index contributed by atoms with van der Waals surface area (Å²) in [6, 6.07) is 12.9. The second kappa shape index (κ2) is 11.1. The number of rotatable bonds is 5. The Bertz CT molecular complexity index is 1620. The van der Waals surface area contributed by atoms with Gasteiger partial charge in [0.15, 0.2) is 10.7 Å². The Kier molecular flexibility index (Phi) is 7.67. The van der Waals surface area contributed by atoms with Crippen LogP contribution in [0.25, 0.3) is 22.6 Å². The van der Waals surface area contributed by atoms with E-state index in [9.17, 15) is 14.9 Å². The highest BCUT2D eigenvalue weighted by Gasteiger charge is 2.23. The van der Waals surface area contributed by atoms with E-state index < -0.39 is 10.8 Å². The van der Waals surface area contributed by atoms with Gasteiger partial charge in [-0.3, -0.25) is 20.2 Å². The number of benzene rings is 3. The Morgan fingerprint density at radius 3 is 2.67 bits per heavy atom. The van der Waals surface area contributed by atoms with Crippen molar-refractivity contribution in [3.05, 3.63) is 79.8 Å². The Morgan fingerprint density at radius 2 is 1.92 bits per heavy atom. The fourth-order valence-electron chi connectivity index (χ4n) is 4.30. The maximum atomic E-state index is 13.2. The van der Waals surface area contributed by atoms with Crippen LogP contribution in [0.5, 0.6) is 0 Å². The average molecular weight is 586 g/mol. The highest BCUT2D eigenvalue weighted by atomic mass is 35.5. The van der Waals surface area contributed by atoms with Gasteiger partial charge >= 0.3 is 0 Å². The van der Waals surface area contributed by atoms with E-state index in [1.165, 1.54) is 12.1 Å². The number of aromatic nitrogens is 1. The SMILES string of the molecule is Cc1c(NC(=S)NC(=O)c2cc([N+](=O)[O-])ccc2N2CCOCC2)cccc1-c1nc2cc(Cl)cc(Cl)c2o1. The maximum Gasteiger partial charge on any atom is 0.270 e. The highest BCUT2D eigenvalue weighted by Crippen LogP contribution is 2.34. The fourth-order valence-corrected chi connectivity index (χ4v) is 5.03. The molecular formula is C26H21Cl2N5O5S. The third-order valence-electron chi connectivity index (χ3n) is 6.24. The van der Waals surface area contributed by atoms with Crippen LogP contribution in [0.1, 0.15) is 15.9 Å². The van der Waals surface area contributed by atoms with E-state index in [0.717, 1.165) is 5.56 Å². The molecule has 0 unspecified atom stereocenters. The number of nitro groups is 1. The molecule has 0 saturated carbocycles. The van der Waals surface area contributed by atoms with Crippen molar-refractivity contribution in [1.82, 2.24) is 10.3 Å². The molecule has 10 nitrogen and oxygen atoms in total. The number of hydrogen-bond donors (Lipinski definition) is 2. The Balaban J connectivity index is 1.38. The first-order chi connectivity index (χ1) is 18.7. The summed E-state index contributed by atoms with van der Waals surface area (Å²) in [6.45, 7) is 3.95. The van der Waals surface area contributed by atoms with Crippen LogP contribution >= 0.6 is 35.4 Å². The van der Waals surface area contributed by atoms with E-state index in [4.69, 9.17) is 44.6 Å². The standard InChI is InChI=1S/C26H21Cl2N5O5S/c1-14-17(25-29-21-12-15(27)11-19(28)23(21)38-25)3-2-4-20(14)30-26(39)31-24(34)18-13-16(33(35)36)5-6-22(18)32-7-9-37-10-8-32/h2-6,11-13H,7-10H2,1H3,(H2,30,31,34,39). The van der Waals surface area contributed by atoms with Gasteiger partial charge in [0, 0.05) is 41.5 Å². The molecule has 13 heteroatoms. The number of nitro benzene ring substituents is 1. The number of hydrogen-bond acceptors (Lipinski definition) is 8.